The summed E-state index contributed by atoms with van der Waals surface area (Å²) in [7, 11) is 0. The van der Waals surface area contributed by atoms with Crippen molar-refractivity contribution in [1.82, 2.24) is 10.2 Å². The summed E-state index contributed by atoms with van der Waals surface area (Å²) in [6, 6.07) is 1.80. The Morgan fingerprint density at radius 2 is 2.67 bits per heavy atom. The van der Waals surface area contributed by atoms with Gasteiger partial charge >= 0.3 is 6.03 Å². The molecule has 0 bridgehead atoms. The monoisotopic (exact) mass is 163 g/mol. The summed E-state index contributed by atoms with van der Waals surface area (Å²) in [5.74, 6) is 0. The van der Waals surface area contributed by atoms with Gasteiger partial charge in [-0.3, -0.25) is 0 Å². The molecule has 1 heterocycles. The molecule has 2 amide bonds. The molecular formula is C8H9N3O. The van der Waals surface area contributed by atoms with E-state index in [-0.39, 0.29) is 6.03 Å². The molecule has 1 N–H and O–H groups in total. The molecule has 12 heavy (non-hydrogen) atoms. The number of nitrogens with one attached hydrogen (secondary N) is 1. The molecule has 1 rings (SSSR count). The van der Waals surface area contributed by atoms with Crippen LogP contribution in [0.25, 0.3) is 0 Å². The van der Waals surface area contributed by atoms with Gasteiger partial charge in [0.25, 0.3) is 0 Å². The molecule has 4 nitrogen and oxygen atoms in total. The number of hydrogen-bond acceptors (Lipinski definition) is 2. The minimum absolute atomic E-state index is 0.186. The van der Waals surface area contributed by atoms with Crippen LogP contribution in [0.15, 0.2) is 24.4 Å². The molecule has 0 atom stereocenters. The first-order chi connectivity index (χ1) is 5.77. The molecule has 0 saturated carbocycles. The SMILES string of the molecule is C=CCN1CC(C#N)=CNC1=O. The lowest BCUT2D eigenvalue weighted by Gasteiger charge is -2.23. The van der Waals surface area contributed by atoms with E-state index in [1.54, 1.807) is 6.08 Å². The van der Waals surface area contributed by atoms with Crippen LogP contribution >= 0.6 is 0 Å². The maximum atomic E-state index is 11.1. The fourth-order valence-electron chi connectivity index (χ4n) is 0.934. The lowest BCUT2D eigenvalue weighted by Crippen LogP contribution is -2.42. The Morgan fingerprint density at radius 1 is 1.92 bits per heavy atom. The van der Waals surface area contributed by atoms with Gasteiger partial charge in [-0.15, -0.1) is 6.58 Å². The van der Waals surface area contributed by atoms with E-state index in [0.29, 0.717) is 18.7 Å². The molecule has 0 saturated heterocycles. The van der Waals surface area contributed by atoms with Crippen LogP contribution in [-0.4, -0.2) is 24.0 Å². The van der Waals surface area contributed by atoms with Gasteiger partial charge in [-0.25, -0.2) is 4.79 Å². The third kappa shape index (κ3) is 1.64. The summed E-state index contributed by atoms with van der Waals surface area (Å²) in [5.41, 5.74) is 0.552. The van der Waals surface area contributed by atoms with Gasteiger partial charge in [-0.05, 0) is 0 Å². The summed E-state index contributed by atoms with van der Waals surface area (Å²) in [6.07, 6.45) is 3.06. The predicted molar refractivity (Wildman–Crippen MR) is 44.0 cm³/mol. The Morgan fingerprint density at radius 3 is 3.25 bits per heavy atom. The van der Waals surface area contributed by atoms with E-state index in [0.717, 1.165) is 0 Å². The quantitative estimate of drug-likeness (QED) is 0.606. The number of amides is 2. The second kappa shape index (κ2) is 3.58. The van der Waals surface area contributed by atoms with Crippen molar-refractivity contribution in [3.63, 3.8) is 0 Å². The highest BCUT2D eigenvalue weighted by Gasteiger charge is 2.16. The first-order valence-corrected chi connectivity index (χ1v) is 3.53. The van der Waals surface area contributed by atoms with E-state index in [1.807, 2.05) is 6.07 Å². The van der Waals surface area contributed by atoms with Gasteiger partial charge in [-0.2, -0.15) is 5.26 Å². The average molecular weight is 163 g/mol. The number of nitrogens with zero attached hydrogens (tertiary/aromatic N) is 2. The molecule has 1 aliphatic rings. The summed E-state index contributed by atoms with van der Waals surface area (Å²) < 4.78 is 0. The molecule has 0 unspecified atom stereocenters. The van der Waals surface area contributed by atoms with Gasteiger partial charge in [0.15, 0.2) is 0 Å². The van der Waals surface area contributed by atoms with Crippen molar-refractivity contribution in [2.45, 2.75) is 0 Å². The fourth-order valence-corrected chi connectivity index (χ4v) is 0.934. The Labute approximate surface area is 70.8 Å². The summed E-state index contributed by atoms with van der Waals surface area (Å²) in [4.78, 5) is 12.6. The van der Waals surface area contributed by atoms with E-state index in [1.165, 1.54) is 11.1 Å². The summed E-state index contributed by atoms with van der Waals surface area (Å²) in [6.45, 7) is 4.35. The zero-order valence-electron chi connectivity index (χ0n) is 6.58. The Balaban J connectivity index is 2.68. The highest BCUT2D eigenvalue weighted by Crippen LogP contribution is 2.03. The van der Waals surface area contributed by atoms with Crippen LogP contribution in [0.4, 0.5) is 4.79 Å². The number of carbonyl (C=O) groups is 1. The smallest absolute Gasteiger partial charge is 0.316 e. The lowest BCUT2D eigenvalue weighted by molar-refractivity contribution is 0.208. The fraction of sp³-hybridized carbons (Fsp3) is 0.250. The second-order valence-electron chi connectivity index (χ2n) is 2.40. The van der Waals surface area contributed by atoms with Gasteiger partial charge < -0.3 is 10.2 Å². The van der Waals surface area contributed by atoms with Gasteiger partial charge in [0.2, 0.25) is 0 Å². The largest absolute Gasteiger partial charge is 0.322 e. The third-order valence-electron chi connectivity index (χ3n) is 1.51. The highest BCUT2D eigenvalue weighted by molar-refractivity contribution is 5.77. The average Bonchev–Trinajstić information content (AvgIpc) is 2.09. The number of hydrogen-bond donors (Lipinski definition) is 1. The molecule has 0 radical (unpaired) electrons. The third-order valence-corrected chi connectivity index (χ3v) is 1.51. The molecule has 0 aromatic heterocycles. The van der Waals surface area contributed by atoms with E-state index in [9.17, 15) is 4.79 Å². The van der Waals surface area contributed by atoms with Gasteiger partial charge in [-0.1, -0.05) is 6.08 Å². The minimum atomic E-state index is -0.186. The van der Waals surface area contributed by atoms with Gasteiger partial charge in [0.1, 0.15) is 0 Å². The van der Waals surface area contributed by atoms with E-state index in [2.05, 4.69) is 11.9 Å². The summed E-state index contributed by atoms with van der Waals surface area (Å²) in [5, 5.41) is 11.0. The maximum absolute atomic E-state index is 11.1. The number of urea groups is 1. The second-order valence-corrected chi connectivity index (χ2v) is 2.40. The van der Waals surface area contributed by atoms with Gasteiger partial charge in [0, 0.05) is 12.7 Å². The summed E-state index contributed by atoms with van der Waals surface area (Å²) >= 11 is 0. The van der Waals surface area contributed by atoms with Crippen LogP contribution in [0.5, 0.6) is 0 Å². The molecular weight excluding hydrogens is 154 g/mol. The standard InChI is InChI=1S/C8H9N3O/c1-2-3-11-6-7(4-9)5-10-8(11)12/h2,5H,1,3,6H2,(H,10,12). The van der Waals surface area contributed by atoms with Crippen LogP contribution in [-0.2, 0) is 0 Å². The number of carbonyl (C=O) groups excluding carboxylic acids is 1. The van der Waals surface area contributed by atoms with Crippen LogP contribution in [0, 0.1) is 11.3 Å². The molecule has 4 heteroatoms. The number of nitriles is 1. The minimum Gasteiger partial charge on any atom is -0.316 e. The van der Waals surface area contributed by atoms with Crippen molar-refractivity contribution in [1.29, 1.82) is 5.26 Å². The van der Waals surface area contributed by atoms with Crippen molar-refractivity contribution in [2.75, 3.05) is 13.1 Å². The van der Waals surface area contributed by atoms with E-state index in [4.69, 9.17) is 5.26 Å². The predicted octanol–water partition coefficient (Wildman–Crippen LogP) is 0.605. The van der Waals surface area contributed by atoms with Crippen LogP contribution in [0.3, 0.4) is 0 Å². The molecule has 0 aromatic carbocycles. The van der Waals surface area contributed by atoms with Crippen molar-refractivity contribution in [3.8, 4) is 6.07 Å². The van der Waals surface area contributed by atoms with Gasteiger partial charge in [0.05, 0.1) is 18.2 Å². The van der Waals surface area contributed by atoms with Crippen molar-refractivity contribution in [2.24, 2.45) is 0 Å². The van der Waals surface area contributed by atoms with Crippen molar-refractivity contribution < 1.29 is 4.79 Å². The maximum Gasteiger partial charge on any atom is 0.322 e. The molecule has 0 aliphatic carbocycles. The van der Waals surface area contributed by atoms with Crippen LogP contribution in [0.2, 0.25) is 0 Å². The first kappa shape index (κ1) is 8.34. The number of rotatable bonds is 2. The highest BCUT2D eigenvalue weighted by atomic mass is 16.2. The molecule has 0 fully saturated rings. The molecule has 1 aliphatic heterocycles. The van der Waals surface area contributed by atoms with Crippen LogP contribution in [0.1, 0.15) is 0 Å². The van der Waals surface area contributed by atoms with Crippen molar-refractivity contribution >= 4 is 6.03 Å². The Hall–Kier alpha value is -1.76. The topological polar surface area (TPSA) is 56.1 Å². The molecule has 0 spiro atoms. The Bertz CT molecular complexity index is 275. The Kier molecular flexibility index (Phi) is 2.49. The van der Waals surface area contributed by atoms with Crippen molar-refractivity contribution in [3.05, 3.63) is 24.4 Å². The van der Waals surface area contributed by atoms with E-state index < -0.39 is 0 Å². The first-order valence-electron chi connectivity index (χ1n) is 3.53. The molecule has 0 aromatic rings. The van der Waals surface area contributed by atoms with E-state index >= 15 is 0 Å². The lowest BCUT2D eigenvalue weighted by atomic mass is 10.2. The zero-order valence-corrected chi connectivity index (χ0v) is 6.58. The normalized spacial score (nSPS) is 16.1. The van der Waals surface area contributed by atoms with Crippen LogP contribution < -0.4 is 5.32 Å². The molecule has 62 valence electrons. The zero-order chi connectivity index (χ0) is 8.97.